The van der Waals surface area contributed by atoms with Gasteiger partial charge < -0.3 is 10.2 Å². The largest absolute Gasteiger partial charge is 0.369 e. The number of hydrogen-bond donors (Lipinski definition) is 1. The smallest absolute Gasteiger partial charge is 0.232 e. The zero-order valence-corrected chi connectivity index (χ0v) is 15.5. The molecule has 0 aliphatic carbocycles. The van der Waals surface area contributed by atoms with Crippen molar-refractivity contribution < 1.29 is 9.18 Å². The van der Waals surface area contributed by atoms with E-state index in [9.17, 15) is 9.18 Å². The fourth-order valence-electron chi connectivity index (χ4n) is 4.13. The number of carbonyl (C=O) groups excluding carboxylic acids is 1. The van der Waals surface area contributed by atoms with Crippen molar-refractivity contribution in [2.45, 2.75) is 25.2 Å². The number of carbonyl (C=O) groups is 1. The highest BCUT2D eigenvalue weighted by Crippen LogP contribution is 2.35. The molecule has 4 rings (SSSR count). The van der Waals surface area contributed by atoms with Crippen LogP contribution in [-0.2, 0) is 4.79 Å². The summed E-state index contributed by atoms with van der Waals surface area (Å²) in [4.78, 5) is 17.0. The third-order valence-electron chi connectivity index (χ3n) is 5.69. The fourth-order valence-corrected chi connectivity index (χ4v) is 4.13. The van der Waals surface area contributed by atoms with Gasteiger partial charge in [0.1, 0.15) is 5.82 Å². The maximum atomic E-state index is 13.1. The molecule has 5 heteroatoms. The molecule has 2 aromatic carbocycles. The van der Waals surface area contributed by atoms with Crippen molar-refractivity contribution >= 4 is 17.3 Å². The van der Waals surface area contributed by atoms with E-state index in [1.54, 1.807) is 0 Å². The molecule has 142 valence electrons. The minimum absolute atomic E-state index is 0.0107. The Labute approximate surface area is 160 Å². The normalized spacial score (nSPS) is 19.8. The summed E-state index contributed by atoms with van der Waals surface area (Å²) in [6.45, 7) is 5.09. The van der Waals surface area contributed by atoms with Gasteiger partial charge in [0.15, 0.2) is 0 Å². The predicted octanol–water partition coefficient (Wildman–Crippen LogP) is 3.85. The van der Waals surface area contributed by atoms with Crippen LogP contribution in [0, 0.1) is 5.82 Å². The lowest BCUT2D eigenvalue weighted by molar-refractivity contribution is -0.117. The zero-order chi connectivity index (χ0) is 18.6. The lowest BCUT2D eigenvalue weighted by Gasteiger charge is -2.36. The second-order valence-corrected chi connectivity index (χ2v) is 7.43. The van der Waals surface area contributed by atoms with Crippen LogP contribution in [0.4, 0.5) is 15.8 Å². The summed E-state index contributed by atoms with van der Waals surface area (Å²) in [6, 6.07) is 14.8. The second-order valence-electron chi connectivity index (χ2n) is 7.43. The number of anilines is 2. The first-order chi connectivity index (χ1) is 13.2. The average Bonchev–Trinajstić information content (AvgIpc) is 3.02. The minimum Gasteiger partial charge on any atom is -0.369 e. The maximum absolute atomic E-state index is 13.1. The van der Waals surface area contributed by atoms with Crippen LogP contribution in [0.2, 0.25) is 0 Å². The number of para-hydroxylation sites is 1. The first-order valence-corrected chi connectivity index (χ1v) is 9.83. The molecule has 2 aliphatic rings. The van der Waals surface area contributed by atoms with Crippen molar-refractivity contribution in [2.24, 2.45) is 0 Å². The van der Waals surface area contributed by atoms with Crippen molar-refractivity contribution in [1.29, 1.82) is 0 Å². The molecule has 1 fully saturated rings. The molecule has 1 N–H and O–H groups in total. The molecule has 4 nitrogen and oxygen atoms in total. The van der Waals surface area contributed by atoms with Gasteiger partial charge in [-0.25, -0.2) is 4.39 Å². The Kier molecular flexibility index (Phi) is 5.39. The maximum Gasteiger partial charge on any atom is 0.232 e. The van der Waals surface area contributed by atoms with Gasteiger partial charge in [0.2, 0.25) is 5.91 Å². The van der Waals surface area contributed by atoms with Gasteiger partial charge in [0.25, 0.3) is 0 Å². The molecule has 0 bridgehead atoms. The first-order valence-electron chi connectivity index (χ1n) is 9.83. The third-order valence-corrected chi connectivity index (χ3v) is 5.69. The highest BCUT2D eigenvalue weighted by atomic mass is 19.1. The van der Waals surface area contributed by atoms with Gasteiger partial charge in [-0.3, -0.25) is 9.69 Å². The number of halogens is 1. The Bertz CT molecular complexity index is 784. The molecule has 0 spiro atoms. The highest BCUT2D eigenvalue weighted by molar-refractivity contribution is 6.02. The summed E-state index contributed by atoms with van der Waals surface area (Å²) in [5.41, 5.74) is 3.22. The van der Waals surface area contributed by atoms with Crippen LogP contribution in [0.1, 0.15) is 30.7 Å². The van der Waals surface area contributed by atoms with Crippen molar-refractivity contribution in [2.75, 3.05) is 42.9 Å². The molecular weight excluding hydrogens is 341 g/mol. The molecule has 1 saturated heterocycles. The van der Waals surface area contributed by atoms with Crippen LogP contribution in [0.3, 0.4) is 0 Å². The topological polar surface area (TPSA) is 35.6 Å². The standard InChI is InChI=1S/C22H26FN3O/c23-17-8-10-18(11-9-17)26-15-13-25(14-16-26)12-4-3-6-20-19-5-1-2-7-21(19)24-22(20)27/h1-2,5,7-11,20H,3-4,6,12-16H2,(H,24,27). The van der Waals surface area contributed by atoms with Gasteiger partial charge in [-0.05, 0) is 55.3 Å². The molecule has 2 aromatic rings. The van der Waals surface area contributed by atoms with E-state index in [0.717, 1.165) is 68.9 Å². The molecule has 0 radical (unpaired) electrons. The monoisotopic (exact) mass is 367 g/mol. The van der Waals surface area contributed by atoms with Gasteiger partial charge in [-0.2, -0.15) is 0 Å². The van der Waals surface area contributed by atoms with Crippen LogP contribution in [0.5, 0.6) is 0 Å². The van der Waals surface area contributed by atoms with Crippen molar-refractivity contribution in [3.8, 4) is 0 Å². The number of unbranched alkanes of at least 4 members (excludes halogenated alkanes) is 1. The lowest BCUT2D eigenvalue weighted by Crippen LogP contribution is -2.46. The Morgan fingerprint density at radius 2 is 1.70 bits per heavy atom. The van der Waals surface area contributed by atoms with E-state index in [0.29, 0.717) is 0 Å². The average molecular weight is 367 g/mol. The predicted molar refractivity (Wildman–Crippen MR) is 107 cm³/mol. The molecule has 0 saturated carbocycles. The number of rotatable bonds is 6. The molecule has 0 aromatic heterocycles. The molecule has 1 unspecified atom stereocenters. The first kappa shape index (κ1) is 18.0. The summed E-state index contributed by atoms with van der Waals surface area (Å²) in [6.07, 6.45) is 3.09. The van der Waals surface area contributed by atoms with Crippen LogP contribution < -0.4 is 10.2 Å². The minimum atomic E-state index is -0.184. The second kappa shape index (κ2) is 8.09. The SMILES string of the molecule is O=C1Nc2ccccc2C1CCCCN1CCN(c2ccc(F)cc2)CC1. The summed E-state index contributed by atoms with van der Waals surface area (Å²) in [7, 11) is 0. The number of fused-ring (bicyclic) bond motifs is 1. The molecule has 1 amide bonds. The number of benzene rings is 2. The van der Waals surface area contributed by atoms with Gasteiger partial charge in [0, 0.05) is 37.6 Å². The van der Waals surface area contributed by atoms with Crippen LogP contribution in [0.15, 0.2) is 48.5 Å². The number of nitrogens with one attached hydrogen (secondary N) is 1. The third kappa shape index (κ3) is 4.14. The lowest BCUT2D eigenvalue weighted by atomic mass is 9.95. The molecule has 2 aliphatic heterocycles. The summed E-state index contributed by atoms with van der Waals surface area (Å²) >= 11 is 0. The van der Waals surface area contributed by atoms with E-state index in [4.69, 9.17) is 0 Å². The number of hydrogen-bond acceptors (Lipinski definition) is 3. The number of amides is 1. The van der Waals surface area contributed by atoms with Gasteiger partial charge >= 0.3 is 0 Å². The molecular formula is C22H26FN3O. The number of nitrogens with zero attached hydrogens (tertiary/aromatic N) is 2. The molecule has 2 heterocycles. The van der Waals surface area contributed by atoms with Gasteiger partial charge in [-0.1, -0.05) is 24.6 Å². The van der Waals surface area contributed by atoms with E-state index in [2.05, 4.69) is 21.2 Å². The van der Waals surface area contributed by atoms with E-state index < -0.39 is 0 Å². The van der Waals surface area contributed by atoms with Crippen molar-refractivity contribution in [3.63, 3.8) is 0 Å². The summed E-state index contributed by atoms with van der Waals surface area (Å²) in [5.74, 6) is -0.0309. The Hall–Kier alpha value is -2.40. The van der Waals surface area contributed by atoms with Crippen LogP contribution in [0.25, 0.3) is 0 Å². The van der Waals surface area contributed by atoms with Crippen molar-refractivity contribution in [1.82, 2.24) is 4.90 Å². The summed E-state index contributed by atoms with van der Waals surface area (Å²) in [5, 5.41) is 2.98. The van der Waals surface area contributed by atoms with Crippen molar-refractivity contribution in [3.05, 3.63) is 59.9 Å². The van der Waals surface area contributed by atoms with Gasteiger partial charge in [-0.15, -0.1) is 0 Å². The van der Waals surface area contributed by atoms with E-state index >= 15 is 0 Å². The van der Waals surface area contributed by atoms with Crippen LogP contribution in [-0.4, -0.2) is 43.5 Å². The van der Waals surface area contributed by atoms with E-state index in [1.807, 2.05) is 30.3 Å². The van der Waals surface area contributed by atoms with Crippen LogP contribution >= 0.6 is 0 Å². The summed E-state index contributed by atoms with van der Waals surface area (Å²) < 4.78 is 13.1. The van der Waals surface area contributed by atoms with E-state index in [-0.39, 0.29) is 17.6 Å². The Morgan fingerprint density at radius 1 is 0.963 bits per heavy atom. The molecule has 27 heavy (non-hydrogen) atoms. The fraction of sp³-hybridized carbons (Fsp3) is 0.409. The van der Waals surface area contributed by atoms with Gasteiger partial charge in [0.05, 0.1) is 5.92 Å². The Balaban J connectivity index is 1.19. The zero-order valence-electron chi connectivity index (χ0n) is 15.5. The van der Waals surface area contributed by atoms with E-state index in [1.165, 1.54) is 12.1 Å². The number of piperazine rings is 1. The quantitative estimate of drug-likeness (QED) is 0.788. The Morgan fingerprint density at radius 3 is 2.48 bits per heavy atom. The molecule has 1 atom stereocenters. The highest BCUT2D eigenvalue weighted by Gasteiger charge is 2.29.